The van der Waals surface area contributed by atoms with Crippen molar-refractivity contribution in [2.24, 2.45) is 5.73 Å². The van der Waals surface area contributed by atoms with Crippen LogP contribution in [-0.4, -0.2) is 80.9 Å². The molecule has 0 aromatic carbocycles. The summed E-state index contributed by atoms with van der Waals surface area (Å²) in [5.74, 6) is -3.56. The number of carbonyl (C=O) groups is 4. The normalized spacial score (nSPS) is 13.9. The van der Waals surface area contributed by atoms with E-state index >= 15 is 0 Å². The summed E-state index contributed by atoms with van der Waals surface area (Å²) in [6, 6.07) is -3.45. The van der Waals surface area contributed by atoms with Gasteiger partial charge in [0.25, 0.3) is 0 Å². The quantitative estimate of drug-likeness (QED) is 0.173. The van der Waals surface area contributed by atoms with Crippen LogP contribution in [-0.2, 0) is 25.6 Å². The first-order chi connectivity index (χ1) is 12.8. The maximum absolute atomic E-state index is 12.1. The number of rotatable bonds is 11. The molecule has 3 atom stereocenters. The summed E-state index contributed by atoms with van der Waals surface area (Å²) < 4.78 is 0. The molecule has 0 saturated carbocycles. The number of aliphatic hydroxyl groups is 1. The summed E-state index contributed by atoms with van der Waals surface area (Å²) in [6.45, 7) is -1.33. The molecule has 1 aromatic heterocycles. The Labute approximate surface area is 159 Å². The molecular weight excluding hydrogens is 380 g/mol. The number of carbonyl (C=O) groups excluding carboxylic acids is 3. The van der Waals surface area contributed by atoms with Gasteiger partial charge >= 0.3 is 5.97 Å². The van der Waals surface area contributed by atoms with E-state index in [1.165, 1.54) is 12.5 Å². The summed E-state index contributed by atoms with van der Waals surface area (Å²) in [5, 5.41) is 24.3. The number of thiol groups is 1. The topological polar surface area (TPSA) is 200 Å². The molecule has 0 aliphatic heterocycles. The summed E-state index contributed by atoms with van der Waals surface area (Å²) in [4.78, 5) is 53.1. The number of hydrogen-bond acceptors (Lipinski definition) is 8. The van der Waals surface area contributed by atoms with Crippen LogP contribution in [0.2, 0.25) is 0 Å². The van der Waals surface area contributed by atoms with Crippen molar-refractivity contribution >= 4 is 36.3 Å². The summed E-state index contributed by atoms with van der Waals surface area (Å²) >= 11 is 3.99. The lowest BCUT2D eigenvalue weighted by atomic mass is 10.1. The number of hydrogen-bond donors (Lipinski definition) is 8. The molecule has 12 nitrogen and oxygen atoms in total. The van der Waals surface area contributed by atoms with Crippen LogP contribution in [0.15, 0.2) is 12.5 Å². The lowest BCUT2D eigenvalue weighted by Crippen LogP contribution is -2.54. The number of aromatic nitrogens is 2. The minimum Gasteiger partial charge on any atom is -0.480 e. The predicted molar refractivity (Wildman–Crippen MR) is 95.7 cm³/mol. The number of aliphatic carboxylic acids is 1. The number of nitrogens with two attached hydrogens (primary N) is 1. The van der Waals surface area contributed by atoms with Crippen molar-refractivity contribution in [2.45, 2.75) is 24.5 Å². The van der Waals surface area contributed by atoms with Crippen LogP contribution < -0.4 is 21.7 Å². The number of aromatic amines is 1. The number of nitrogens with zero attached hydrogens (tertiary/aromatic N) is 1. The van der Waals surface area contributed by atoms with Crippen LogP contribution in [0.4, 0.5) is 0 Å². The summed E-state index contributed by atoms with van der Waals surface area (Å²) in [6.07, 6.45) is 3.15. The molecule has 0 fully saturated rings. The summed E-state index contributed by atoms with van der Waals surface area (Å²) in [5.41, 5.74) is 6.42. The van der Waals surface area contributed by atoms with Gasteiger partial charge in [-0.1, -0.05) is 0 Å². The fourth-order valence-electron chi connectivity index (χ4n) is 1.92. The van der Waals surface area contributed by atoms with E-state index in [0.717, 1.165) is 0 Å². The van der Waals surface area contributed by atoms with Gasteiger partial charge in [-0.25, -0.2) is 9.78 Å². The molecule has 150 valence electrons. The van der Waals surface area contributed by atoms with Gasteiger partial charge in [0.15, 0.2) is 0 Å². The number of H-pyrrole nitrogens is 1. The molecule has 1 rings (SSSR count). The Morgan fingerprint density at radius 3 is 2.44 bits per heavy atom. The molecule has 1 heterocycles. The average Bonchev–Trinajstić information content (AvgIpc) is 3.14. The standard InChI is InChI=1S/C14H22N6O6S/c15-8(1-7-2-16-6-18-7)12(23)20-10(5-27)13(24)17-3-11(22)19-9(4-21)14(25)26/h2,6,8-10,21,27H,1,3-5,15H2,(H,16,18)(H,17,24)(H,19,22)(H,20,23)(H,25,26). The third-order valence-electron chi connectivity index (χ3n) is 3.39. The van der Waals surface area contributed by atoms with Crippen LogP contribution >= 0.6 is 12.6 Å². The SMILES string of the molecule is NC(Cc1cnc[nH]1)C(=O)NC(CS)C(=O)NCC(=O)NC(CO)C(=O)O. The van der Waals surface area contributed by atoms with Gasteiger partial charge in [-0.3, -0.25) is 14.4 Å². The van der Waals surface area contributed by atoms with Gasteiger partial charge in [-0.2, -0.15) is 12.6 Å². The van der Waals surface area contributed by atoms with Crippen LogP contribution in [0.25, 0.3) is 0 Å². The predicted octanol–water partition coefficient (Wildman–Crippen LogP) is -3.63. The van der Waals surface area contributed by atoms with Crippen molar-refractivity contribution in [3.05, 3.63) is 18.2 Å². The first kappa shape index (κ1) is 22.4. The number of imidazole rings is 1. The van der Waals surface area contributed by atoms with Gasteiger partial charge in [-0.05, 0) is 0 Å². The van der Waals surface area contributed by atoms with Crippen molar-refractivity contribution in [3.63, 3.8) is 0 Å². The molecule has 3 amide bonds. The van der Waals surface area contributed by atoms with Crippen LogP contribution in [0.5, 0.6) is 0 Å². The Balaban J connectivity index is 2.47. The molecular formula is C14H22N6O6S. The van der Waals surface area contributed by atoms with E-state index in [-0.39, 0.29) is 12.2 Å². The van der Waals surface area contributed by atoms with Crippen LogP contribution in [0.3, 0.4) is 0 Å². The van der Waals surface area contributed by atoms with E-state index in [1.54, 1.807) is 0 Å². The third-order valence-corrected chi connectivity index (χ3v) is 3.75. The van der Waals surface area contributed by atoms with Crippen molar-refractivity contribution in [3.8, 4) is 0 Å². The minimum atomic E-state index is -1.48. The molecule has 3 unspecified atom stereocenters. The van der Waals surface area contributed by atoms with Crippen molar-refractivity contribution in [2.75, 3.05) is 18.9 Å². The largest absolute Gasteiger partial charge is 0.480 e. The molecule has 0 saturated heterocycles. The van der Waals surface area contributed by atoms with Gasteiger partial charge in [0.2, 0.25) is 17.7 Å². The molecule has 27 heavy (non-hydrogen) atoms. The highest BCUT2D eigenvalue weighted by molar-refractivity contribution is 7.80. The Morgan fingerprint density at radius 1 is 1.22 bits per heavy atom. The second-order valence-corrected chi connectivity index (χ2v) is 5.86. The lowest BCUT2D eigenvalue weighted by molar-refractivity contribution is -0.142. The van der Waals surface area contributed by atoms with Gasteiger partial charge in [0.1, 0.15) is 12.1 Å². The minimum absolute atomic E-state index is 0.0512. The van der Waals surface area contributed by atoms with E-state index in [0.29, 0.717) is 5.69 Å². The maximum atomic E-state index is 12.1. The van der Waals surface area contributed by atoms with E-state index in [2.05, 4.69) is 33.2 Å². The lowest BCUT2D eigenvalue weighted by Gasteiger charge is -2.19. The van der Waals surface area contributed by atoms with Crippen LogP contribution in [0, 0.1) is 0 Å². The molecule has 0 radical (unpaired) electrons. The van der Waals surface area contributed by atoms with Crippen molar-refractivity contribution < 1.29 is 29.4 Å². The Morgan fingerprint density at radius 2 is 1.93 bits per heavy atom. The van der Waals surface area contributed by atoms with E-state index < -0.39 is 55.0 Å². The average molecular weight is 402 g/mol. The Bertz CT molecular complexity index is 655. The molecule has 8 N–H and O–H groups in total. The number of nitrogens with one attached hydrogen (secondary N) is 4. The zero-order valence-electron chi connectivity index (χ0n) is 14.2. The highest BCUT2D eigenvalue weighted by Gasteiger charge is 2.24. The maximum Gasteiger partial charge on any atom is 0.328 e. The van der Waals surface area contributed by atoms with Crippen LogP contribution in [0.1, 0.15) is 5.69 Å². The number of carboxylic acids is 1. The Hall–Kier alpha value is -2.64. The fraction of sp³-hybridized carbons (Fsp3) is 0.500. The number of amides is 3. The summed E-state index contributed by atoms with van der Waals surface area (Å²) in [7, 11) is 0. The van der Waals surface area contributed by atoms with Gasteiger partial charge in [0, 0.05) is 24.1 Å². The van der Waals surface area contributed by atoms with Gasteiger partial charge < -0.3 is 36.9 Å². The molecule has 0 aliphatic carbocycles. The smallest absolute Gasteiger partial charge is 0.328 e. The monoisotopic (exact) mass is 402 g/mol. The third kappa shape index (κ3) is 7.64. The zero-order valence-corrected chi connectivity index (χ0v) is 15.1. The fourth-order valence-corrected chi connectivity index (χ4v) is 2.18. The van der Waals surface area contributed by atoms with Crippen molar-refractivity contribution in [1.82, 2.24) is 25.9 Å². The molecule has 1 aromatic rings. The van der Waals surface area contributed by atoms with Gasteiger partial charge in [0.05, 0.1) is 25.5 Å². The molecule has 0 bridgehead atoms. The second-order valence-electron chi connectivity index (χ2n) is 5.49. The first-order valence-electron chi connectivity index (χ1n) is 7.83. The molecule has 0 aliphatic rings. The molecule has 13 heteroatoms. The van der Waals surface area contributed by atoms with E-state index in [4.69, 9.17) is 15.9 Å². The Kier molecular flexibility index (Phi) is 9.25. The van der Waals surface area contributed by atoms with E-state index in [9.17, 15) is 19.2 Å². The van der Waals surface area contributed by atoms with Gasteiger partial charge in [-0.15, -0.1) is 0 Å². The first-order valence-corrected chi connectivity index (χ1v) is 8.46. The second kappa shape index (κ2) is 11.2. The zero-order chi connectivity index (χ0) is 20.4. The highest BCUT2D eigenvalue weighted by atomic mass is 32.1. The molecule has 0 spiro atoms. The van der Waals surface area contributed by atoms with E-state index in [1.807, 2.05) is 5.32 Å². The number of carboxylic acid groups (broad SMARTS) is 1. The van der Waals surface area contributed by atoms with Crippen molar-refractivity contribution in [1.29, 1.82) is 0 Å². The number of aliphatic hydroxyl groups excluding tert-OH is 1. The highest BCUT2D eigenvalue weighted by Crippen LogP contribution is 1.98.